The predicted octanol–water partition coefficient (Wildman–Crippen LogP) is 1.97. The van der Waals surface area contributed by atoms with Crippen LogP contribution in [0.5, 0.6) is 0 Å². The first-order valence-electron chi connectivity index (χ1n) is 12.6. The van der Waals surface area contributed by atoms with Crippen LogP contribution in [0, 0.1) is 0 Å². The van der Waals surface area contributed by atoms with Crippen molar-refractivity contribution >= 4 is 45.1 Å². The molecule has 2 amide bonds. The van der Waals surface area contributed by atoms with Gasteiger partial charge in [-0.2, -0.15) is 4.72 Å². The van der Waals surface area contributed by atoms with E-state index in [0.717, 1.165) is 29.0 Å². The zero-order chi connectivity index (χ0) is 28.5. The Kier molecular flexibility index (Phi) is 9.64. The van der Waals surface area contributed by atoms with Crippen molar-refractivity contribution in [2.45, 2.75) is 30.2 Å². The largest absolute Gasteiger partial charge is 0.480 e. The van der Waals surface area contributed by atoms with E-state index in [9.17, 15) is 27.9 Å². The van der Waals surface area contributed by atoms with E-state index in [1.54, 1.807) is 24.3 Å². The molecular weight excluding hydrogens is 554 g/mol. The monoisotopic (exact) mass is 583 g/mol. The first-order valence-corrected chi connectivity index (χ1v) is 14.9. The van der Waals surface area contributed by atoms with Crippen LogP contribution in [0.2, 0.25) is 0 Å². The number of carbonyl (C=O) groups is 3. The summed E-state index contributed by atoms with van der Waals surface area (Å²) in [5.74, 6) is -1.70. The first kappa shape index (κ1) is 28.9. The molecule has 0 bridgehead atoms. The molecule has 1 aliphatic rings. The Labute approximate surface area is 235 Å². The van der Waals surface area contributed by atoms with Crippen LogP contribution >= 0.6 is 11.3 Å². The Morgan fingerprint density at radius 1 is 1.00 bits per heavy atom. The molecule has 210 valence electrons. The zero-order valence-electron chi connectivity index (χ0n) is 21.4. The molecule has 0 fully saturated rings. The summed E-state index contributed by atoms with van der Waals surface area (Å²) in [6, 6.07) is 17.2. The smallest absolute Gasteiger partial charge is 0.323 e. The van der Waals surface area contributed by atoms with E-state index >= 15 is 0 Å². The molecule has 0 saturated carbocycles. The van der Waals surface area contributed by atoms with E-state index in [-0.39, 0.29) is 17.2 Å². The van der Waals surface area contributed by atoms with Crippen LogP contribution in [0.25, 0.3) is 11.1 Å². The molecule has 3 aromatic rings. The Balaban J connectivity index is 1.29. The lowest BCUT2D eigenvalue weighted by Crippen LogP contribution is -2.48. The van der Waals surface area contributed by atoms with Crippen LogP contribution in [0.3, 0.4) is 0 Å². The molecule has 4 rings (SSSR count). The number of thiophene rings is 1. The summed E-state index contributed by atoms with van der Waals surface area (Å²) in [7, 11) is -4.17. The Bertz CT molecular complexity index is 1490. The molecule has 1 aliphatic heterocycles. The number of aliphatic carboxylic acids is 1. The van der Waals surface area contributed by atoms with Gasteiger partial charge in [-0.3, -0.25) is 24.7 Å². The number of sulfonamides is 1. The fourth-order valence-electron chi connectivity index (χ4n) is 3.86. The van der Waals surface area contributed by atoms with Crippen LogP contribution < -0.4 is 20.7 Å². The van der Waals surface area contributed by atoms with Crippen LogP contribution in [0.4, 0.5) is 0 Å². The van der Waals surface area contributed by atoms with Gasteiger partial charge in [-0.05, 0) is 48.2 Å². The van der Waals surface area contributed by atoms with Crippen molar-refractivity contribution in [2.24, 2.45) is 4.99 Å². The van der Waals surface area contributed by atoms with Gasteiger partial charge >= 0.3 is 5.97 Å². The highest BCUT2D eigenvalue weighted by molar-refractivity contribution is 7.89. The van der Waals surface area contributed by atoms with Crippen LogP contribution in [-0.4, -0.2) is 62.9 Å². The van der Waals surface area contributed by atoms with E-state index in [1.807, 2.05) is 30.3 Å². The van der Waals surface area contributed by atoms with Crippen molar-refractivity contribution < 1.29 is 27.9 Å². The minimum absolute atomic E-state index is 0.0944. The average molecular weight is 584 g/mol. The van der Waals surface area contributed by atoms with E-state index in [2.05, 4.69) is 25.7 Å². The van der Waals surface area contributed by atoms with Gasteiger partial charge in [-0.25, -0.2) is 8.42 Å². The van der Waals surface area contributed by atoms with Crippen LogP contribution in [0.15, 0.2) is 76.6 Å². The van der Waals surface area contributed by atoms with E-state index in [4.69, 9.17) is 0 Å². The molecule has 1 unspecified atom stereocenters. The van der Waals surface area contributed by atoms with Gasteiger partial charge in [0, 0.05) is 30.9 Å². The molecule has 0 spiro atoms. The standard InChI is InChI=1S/C27H29N5O6S2/c33-24(31-27-28-15-4-16-29-27)14-10-20-9-13-23(39-20)25(34)30-17-22(26(35)36)32-40(37,38)21-11-7-19(8-12-21)18-5-2-1-3-6-18/h1-3,5-9,11-13,22,32H,4,10,14-17H2,(H,30,34)(H,35,36)(H2,28,29,31,33). The molecule has 0 aliphatic carbocycles. The number of aryl methyl sites for hydroxylation is 1. The van der Waals surface area contributed by atoms with Gasteiger partial charge < -0.3 is 15.7 Å². The minimum atomic E-state index is -4.17. The molecule has 0 saturated heterocycles. The van der Waals surface area contributed by atoms with Crippen molar-refractivity contribution in [1.29, 1.82) is 0 Å². The maximum absolute atomic E-state index is 12.8. The average Bonchev–Trinajstić information content (AvgIpc) is 3.44. The molecule has 5 N–H and O–H groups in total. The lowest BCUT2D eigenvalue weighted by molar-refractivity contribution is -0.138. The predicted molar refractivity (Wildman–Crippen MR) is 152 cm³/mol. The number of hydrogen-bond acceptors (Lipinski definition) is 8. The highest BCUT2D eigenvalue weighted by Crippen LogP contribution is 2.21. The summed E-state index contributed by atoms with van der Waals surface area (Å²) in [6.45, 7) is 0.965. The normalized spacial score (nSPS) is 13.9. The number of carboxylic acids is 1. The van der Waals surface area contributed by atoms with E-state index in [0.29, 0.717) is 23.8 Å². The second-order valence-electron chi connectivity index (χ2n) is 8.94. The highest BCUT2D eigenvalue weighted by Gasteiger charge is 2.26. The number of nitrogens with one attached hydrogen (secondary N) is 4. The highest BCUT2D eigenvalue weighted by atomic mass is 32.2. The summed E-state index contributed by atoms with van der Waals surface area (Å²) in [6.07, 6.45) is 1.54. The maximum Gasteiger partial charge on any atom is 0.323 e. The number of guanidine groups is 1. The number of carboxylic acid groups (broad SMARTS) is 1. The van der Waals surface area contributed by atoms with Gasteiger partial charge in [0.2, 0.25) is 15.9 Å². The third kappa shape index (κ3) is 7.97. The number of nitrogens with zero attached hydrogens (tertiary/aromatic N) is 1. The Hall–Kier alpha value is -4.07. The van der Waals surface area contributed by atoms with Gasteiger partial charge in [0.15, 0.2) is 5.96 Å². The number of aliphatic imine (C=N–C) groups is 1. The summed E-state index contributed by atoms with van der Waals surface area (Å²) in [4.78, 5) is 41.7. The molecule has 2 aromatic carbocycles. The van der Waals surface area contributed by atoms with Crippen molar-refractivity contribution in [3.05, 3.63) is 76.5 Å². The molecular formula is C27H29N5O6S2. The van der Waals surface area contributed by atoms with Crippen LogP contribution in [-0.2, 0) is 26.0 Å². The number of hydrogen-bond donors (Lipinski definition) is 5. The van der Waals surface area contributed by atoms with Crippen LogP contribution in [0.1, 0.15) is 27.4 Å². The molecule has 13 heteroatoms. The van der Waals surface area contributed by atoms with Crippen molar-refractivity contribution in [3.63, 3.8) is 0 Å². The summed E-state index contributed by atoms with van der Waals surface area (Å²) < 4.78 is 27.8. The lowest BCUT2D eigenvalue weighted by Gasteiger charge is -2.15. The Morgan fingerprint density at radius 3 is 2.40 bits per heavy atom. The zero-order valence-corrected chi connectivity index (χ0v) is 23.1. The van der Waals surface area contributed by atoms with Gasteiger partial charge in [0.05, 0.1) is 9.77 Å². The molecule has 1 atom stereocenters. The molecule has 1 aromatic heterocycles. The van der Waals surface area contributed by atoms with Gasteiger partial charge in [0.25, 0.3) is 5.91 Å². The summed E-state index contributed by atoms with van der Waals surface area (Å²) >= 11 is 1.17. The molecule has 0 radical (unpaired) electrons. The second kappa shape index (κ2) is 13.3. The van der Waals surface area contributed by atoms with Crippen molar-refractivity contribution in [3.8, 4) is 11.1 Å². The Morgan fingerprint density at radius 2 is 1.73 bits per heavy atom. The quantitative estimate of drug-likeness (QED) is 0.230. The number of benzene rings is 2. The number of amides is 2. The third-order valence-electron chi connectivity index (χ3n) is 5.97. The van der Waals surface area contributed by atoms with Gasteiger partial charge in [-0.15, -0.1) is 11.3 Å². The fraction of sp³-hybridized carbons (Fsp3) is 0.259. The first-order chi connectivity index (χ1) is 19.2. The fourth-order valence-corrected chi connectivity index (χ4v) is 5.97. The topological polar surface area (TPSA) is 166 Å². The molecule has 40 heavy (non-hydrogen) atoms. The number of carbonyl (C=O) groups excluding carboxylic acids is 2. The molecule has 2 heterocycles. The SMILES string of the molecule is O=C(CCc1ccc(C(=O)NCC(NS(=O)(=O)c2ccc(-c3ccccc3)cc2)C(=O)O)s1)NC1=NCCCN1. The minimum Gasteiger partial charge on any atom is -0.480 e. The summed E-state index contributed by atoms with van der Waals surface area (Å²) in [5, 5.41) is 17.8. The van der Waals surface area contributed by atoms with Gasteiger partial charge in [-0.1, -0.05) is 42.5 Å². The third-order valence-corrected chi connectivity index (χ3v) is 8.60. The van der Waals surface area contributed by atoms with Crippen molar-refractivity contribution in [1.82, 2.24) is 20.7 Å². The molecule has 11 nitrogen and oxygen atoms in total. The summed E-state index contributed by atoms with van der Waals surface area (Å²) in [5.41, 5.74) is 1.73. The number of rotatable bonds is 11. The van der Waals surface area contributed by atoms with E-state index in [1.165, 1.54) is 23.5 Å². The maximum atomic E-state index is 12.8. The van der Waals surface area contributed by atoms with Crippen molar-refractivity contribution in [2.75, 3.05) is 19.6 Å². The van der Waals surface area contributed by atoms with E-state index < -0.39 is 34.5 Å². The lowest BCUT2D eigenvalue weighted by atomic mass is 10.1. The second-order valence-corrected chi connectivity index (χ2v) is 11.8. The van der Waals surface area contributed by atoms with Gasteiger partial charge in [0.1, 0.15) is 6.04 Å².